The first-order chi connectivity index (χ1) is 8.72. The van der Waals surface area contributed by atoms with Gasteiger partial charge in [0.15, 0.2) is 0 Å². The van der Waals surface area contributed by atoms with E-state index in [-0.39, 0.29) is 0 Å². The SMILES string of the molecule is CCCn1cc(C(O)C2(OC)CCCCC2)cn1. The molecule has 1 fully saturated rings. The Morgan fingerprint density at radius 3 is 2.78 bits per heavy atom. The second-order valence-corrected chi connectivity index (χ2v) is 5.27. The van der Waals surface area contributed by atoms with Crippen molar-refractivity contribution in [2.24, 2.45) is 0 Å². The van der Waals surface area contributed by atoms with Crippen LogP contribution in [0.25, 0.3) is 0 Å². The summed E-state index contributed by atoms with van der Waals surface area (Å²) in [7, 11) is 1.71. The third-order valence-electron chi connectivity index (χ3n) is 4.03. The van der Waals surface area contributed by atoms with Crippen LogP contribution in [0, 0.1) is 0 Å². The number of aliphatic hydroxyl groups excluding tert-OH is 1. The number of hydrogen-bond acceptors (Lipinski definition) is 3. The predicted molar refractivity (Wildman–Crippen MR) is 70.3 cm³/mol. The van der Waals surface area contributed by atoms with Crippen LogP contribution < -0.4 is 0 Å². The highest BCUT2D eigenvalue weighted by atomic mass is 16.5. The van der Waals surface area contributed by atoms with Crippen molar-refractivity contribution in [2.45, 2.75) is 63.7 Å². The molecular formula is C14H24N2O2. The maximum atomic E-state index is 10.6. The van der Waals surface area contributed by atoms with Crippen molar-refractivity contribution in [3.63, 3.8) is 0 Å². The lowest BCUT2D eigenvalue weighted by Gasteiger charge is -2.39. The third-order valence-corrected chi connectivity index (χ3v) is 4.03. The minimum absolute atomic E-state index is 0.404. The van der Waals surface area contributed by atoms with E-state index in [1.54, 1.807) is 13.3 Å². The quantitative estimate of drug-likeness (QED) is 0.876. The number of aromatic nitrogens is 2. The van der Waals surface area contributed by atoms with Crippen molar-refractivity contribution in [3.8, 4) is 0 Å². The molecule has 0 radical (unpaired) electrons. The van der Waals surface area contributed by atoms with Crippen LogP contribution in [0.1, 0.15) is 57.1 Å². The molecular weight excluding hydrogens is 228 g/mol. The van der Waals surface area contributed by atoms with Gasteiger partial charge in [-0.25, -0.2) is 0 Å². The average molecular weight is 252 g/mol. The number of ether oxygens (including phenoxy) is 1. The van der Waals surface area contributed by atoms with E-state index in [4.69, 9.17) is 4.74 Å². The molecule has 1 saturated carbocycles. The highest BCUT2D eigenvalue weighted by Gasteiger charge is 2.40. The maximum Gasteiger partial charge on any atom is 0.111 e. The lowest BCUT2D eigenvalue weighted by atomic mass is 9.79. The fourth-order valence-electron chi connectivity index (χ4n) is 2.92. The van der Waals surface area contributed by atoms with Crippen molar-refractivity contribution in [1.82, 2.24) is 9.78 Å². The number of methoxy groups -OCH3 is 1. The molecule has 102 valence electrons. The molecule has 4 nitrogen and oxygen atoms in total. The number of nitrogens with zero attached hydrogens (tertiary/aromatic N) is 2. The van der Waals surface area contributed by atoms with E-state index >= 15 is 0 Å². The topological polar surface area (TPSA) is 47.3 Å². The highest BCUT2D eigenvalue weighted by Crippen LogP contribution is 2.40. The zero-order valence-corrected chi connectivity index (χ0v) is 11.4. The van der Waals surface area contributed by atoms with E-state index < -0.39 is 11.7 Å². The minimum Gasteiger partial charge on any atom is -0.385 e. The number of aliphatic hydroxyl groups is 1. The van der Waals surface area contributed by atoms with Crippen molar-refractivity contribution in [1.29, 1.82) is 0 Å². The maximum absolute atomic E-state index is 10.6. The third kappa shape index (κ3) is 2.59. The molecule has 4 heteroatoms. The number of rotatable bonds is 5. The smallest absolute Gasteiger partial charge is 0.111 e. The van der Waals surface area contributed by atoms with Gasteiger partial charge in [0.2, 0.25) is 0 Å². The molecule has 1 aromatic rings. The molecule has 1 heterocycles. The lowest BCUT2D eigenvalue weighted by Crippen LogP contribution is -2.40. The molecule has 1 atom stereocenters. The van der Waals surface area contributed by atoms with Gasteiger partial charge in [0.1, 0.15) is 6.10 Å². The van der Waals surface area contributed by atoms with Gasteiger partial charge in [-0.3, -0.25) is 4.68 Å². The second-order valence-electron chi connectivity index (χ2n) is 5.27. The van der Waals surface area contributed by atoms with Crippen molar-refractivity contribution in [3.05, 3.63) is 18.0 Å². The Morgan fingerprint density at radius 1 is 1.44 bits per heavy atom. The fourth-order valence-corrected chi connectivity index (χ4v) is 2.92. The van der Waals surface area contributed by atoms with Crippen LogP contribution in [0.5, 0.6) is 0 Å². The Bertz CT molecular complexity index is 370. The van der Waals surface area contributed by atoms with E-state index in [0.29, 0.717) is 0 Å². The van der Waals surface area contributed by atoms with Gasteiger partial charge >= 0.3 is 0 Å². The van der Waals surface area contributed by atoms with E-state index in [9.17, 15) is 5.11 Å². The normalized spacial score (nSPS) is 20.8. The van der Waals surface area contributed by atoms with Crippen molar-refractivity contribution < 1.29 is 9.84 Å². The molecule has 1 unspecified atom stereocenters. The van der Waals surface area contributed by atoms with Gasteiger partial charge in [0, 0.05) is 25.4 Å². The molecule has 0 amide bonds. The second kappa shape index (κ2) is 5.85. The standard InChI is InChI=1S/C14H24N2O2/c1-3-9-16-11-12(10-15-16)13(17)14(18-2)7-5-4-6-8-14/h10-11,13,17H,3-9H2,1-2H3. The highest BCUT2D eigenvalue weighted by molar-refractivity contribution is 5.14. The Kier molecular flexibility index (Phi) is 4.40. The summed E-state index contributed by atoms with van der Waals surface area (Å²) in [6, 6.07) is 0. The summed E-state index contributed by atoms with van der Waals surface area (Å²) in [5, 5.41) is 14.9. The van der Waals surface area contributed by atoms with Crippen LogP contribution in [0.3, 0.4) is 0 Å². The lowest BCUT2D eigenvalue weighted by molar-refractivity contribution is -0.125. The summed E-state index contributed by atoms with van der Waals surface area (Å²) in [5.74, 6) is 0. The Morgan fingerprint density at radius 2 is 2.17 bits per heavy atom. The number of hydrogen-bond donors (Lipinski definition) is 1. The zero-order valence-electron chi connectivity index (χ0n) is 11.4. The zero-order chi connectivity index (χ0) is 13.0. The van der Waals surface area contributed by atoms with Crippen LogP contribution in [-0.4, -0.2) is 27.6 Å². The van der Waals surface area contributed by atoms with Gasteiger partial charge in [-0.15, -0.1) is 0 Å². The van der Waals surface area contributed by atoms with Crippen LogP contribution in [-0.2, 0) is 11.3 Å². The van der Waals surface area contributed by atoms with E-state index in [1.165, 1.54) is 6.42 Å². The van der Waals surface area contributed by atoms with Gasteiger partial charge in [0.25, 0.3) is 0 Å². The molecule has 0 aliphatic heterocycles. The first-order valence-corrected chi connectivity index (χ1v) is 6.97. The summed E-state index contributed by atoms with van der Waals surface area (Å²) in [6.07, 6.45) is 9.59. The van der Waals surface area contributed by atoms with Gasteiger partial charge in [-0.1, -0.05) is 26.2 Å². The molecule has 0 spiro atoms. The molecule has 0 bridgehead atoms. The predicted octanol–water partition coefficient (Wildman–Crippen LogP) is 2.68. The van der Waals surface area contributed by atoms with Crippen LogP contribution in [0.15, 0.2) is 12.4 Å². The molecule has 0 aromatic carbocycles. The van der Waals surface area contributed by atoms with Gasteiger partial charge in [0.05, 0.1) is 11.8 Å². The van der Waals surface area contributed by atoms with Gasteiger partial charge < -0.3 is 9.84 Å². The largest absolute Gasteiger partial charge is 0.385 e. The Hall–Kier alpha value is -0.870. The summed E-state index contributed by atoms with van der Waals surface area (Å²) < 4.78 is 7.57. The number of aryl methyl sites for hydroxylation is 1. The summed E-state index contributed by atoms with van der Waals surface area (Å²) in [6.45, 7) is 3.02. The molecule has 18 heavy (non-hydrogen) atoms. The monoisotopic (exact) mass is 252 g/mol. The molecule has 2 rings (SSSR count). The van der Waals surface area contributed by atoms with Crippen molar-refractivity contribution in [2.75, 3.05) is 7.11 Å². The minimum atomic E-state index is -0.562. The molecule has 1 N–H and O–H groups in total. The summed E-state index contributed by atoms with van der Waals surface area (Å²) in [4.78, 5) is 0. The molecule has 0 saturated heterocycles. The molecule has 1 aliphatic rings. The van der Waals surface area contributed by atoms with Gasteiger partial charge in [-0.05, 0) is 19.3 Å². The van der Waals surface area contributed by atoms with Crippen LogP contribution in [0.2, 0.25) is 0 Å². The van der Waals surface area contributed by atoms with E-state index in [0.717, 1.165) is 44.2 Å². The van der Waals surface area contributed by atoms with Crippen LogP contribution >= 0.6 is 0 Å². The average Bonchev–Trinajstić information content (AvgIpc) is 2.87. The van der Waals surface area contributed by atoms with E-state index in [2.05, 4.69) is 12.0 Å². The first-order valence-electron chi connectivity index (χ1n) is 6.97. The fraction of sp³-hybridized carbons (Fsp3) is 0.786. The summed E-state index contributed by atoms with van der Waals surface area (Å²) in [5.41, 5.74) is 0.477. The van der Waals surface area contributed by atoms with Crippen LogP contribution in [0.4, 0.5) is 0 Å². The first kappa shape index (κ1) is 13.6. The summed E-state index contributed by atoms with van der Waals surface area (Å²) >= 11 is 0. The van der Waals surface area contributed by atoms with Crippen molar-refractivity contribution >= 4 is 0 Å². The molecule has 1 aromatic heterocycles. The Labute approximate surface area is 109 Å². The molecule has 1 aliphatic carbocycles. The van der Waals surface area contributed by atoms with E-state index in [1.807, 2.05) is 10.9 Å². The Balaban J connectivity index is 2.14. The van der Waals surface area contributed by atoms with Gasteiger partial charge in [-0.2, -0.15) is 5.10 Å².